The molecule has 5 heteroatoms. The van der Waals surface area contributed by atoms with Crippen molar-refractivity contribution in [2.45, 2.75) is 38.3 Å². The molecule has 0 spiro atoms. The van der Waals surface area contributed by atoms with Crippen molar-refractivity contribution in [1.82, 2.24) is 5.32 Å². The lowest BCUT2D eigenvalue weighted by Gasteiger charge is -2.33. The molecule has 1 aromatic rings. The van der Waals surface area contributed by atoms with Gasteiger partial charge in [0.2, 0.25) is 0 Å². The molecule has 1 aromatic carbocycles. The number of ether oxygens (including phenoxy) is 2. The second-order valence-electron chi connectivity index (χ2n) is 5.83. The Labute approximate surface area is 130 Å². The molecule has 3 atom stereocenters. The quantitative estimate of drug-likeness (QED) is 0.901. The van der Waals surface area contributed by atoms with Gasteiger partial charge in [0, 0.05) is 6.04 Å². The van der Waals surface area contributed by atoms with Crippen LogP contribution in [0.3, 0.4) is 0 Å². The van der Waals surface area contributed by atoms with Crippen molar-refractivity contribution < 1.29 is 14.6 Å². The third kappa shape index (κ3) is 3.12. The fourth-order valence-corrected chi connectivity index (χ4v) is 3.45. The Morgan fingerprint density at radius 3 is 3.00 bits per heavy atom. The zero-order valence-corrected chi connectivity index (χ0v) is 13.0. The van der Waals surface area contributed by atoms with Crippen LogP contribution in [0, 0.1) is 5.92 Å². The summed E-state index contributed by atoms with van der Waals surface area (Å²) in [7, 11) is 0. The van der Waals surface area contributed by atoms with Crippen LogP contribution in [0.4, 0.5) is 0 Å². The summed E-state index contributed by atoms with van der Waals surface area (Å²) in [6.07, 6.45) is 2.76. The average Bonchev–Trinajstić information content (AvgIpc) is 2.54. The van der Waals surface area contributed by atoms with Crippen molar-refractivity contribution in [2.24, 2.45) is 5.92 Å². The van der Waals surface area contributed by atoms with E-state index in [-0.39, 0.29) is 6.04 Å². The lowest BCUT2D eigenvalue weighted by molar-refractivity contribution is 0.0970. The Balaban J connectivity index is 1.81. The van der Waals surface area contributed by atoms with E-state index in [1.807, 2.05) is 6.07 Å². The van der Waals surface area contributed by atoms with Gasteiger partial charge in [0.05, 0.1) is 11.1 Å². The number of halogens is 1. The minimum atomic E-state index is -0.576. The molecule has 1 fully saturated rings. The van der Waals surface area contributed by atoms with Gasteiger partial charge in [0.15, 0.2) is 11.5 Å². The number of aliphatic hydroxyl groups is 1. The molecular formula is C16H22ClNO3. The van der Waals surface area contributed by atoms with Crippen LogP contribution < -0.4 is 14.8 Å². The van der Waals surface area contributed by atoms with E-state index in [0.717, 1.165) is 24.9 Å². The molecule has 0 saturated carbocycles. The lowest BCUT2D eigenvalue weighted by Crippen LogP contribution is -2.42. The highest BCUT2D eigenvalue weighted by molar-refractivity contribution is 6.32. The predicted molar refractivity (Wildman–Crippen MR) is 82.2 cm³/mol. The van der Waals surface area contributed by atoms with Crippen LogP contribution in [0.15, 0.2) is 12.1 Å². The maximum absolute atomic E-state index is 10.7. The van der Waals surface area contributed by atoms with Crippen molar-refractivity contribution >= 4 is 11.6 Å². The fourth-order valence-electron chi connectivity index (χ4n) is 3.18. The van der Waals surface area contributed by atoms with Crippen molar-refractivity contribution in [2.75, 3.05) is 19.8 Å². The Hall–Kier alpha value is -0.970. The number of nitrogens with one attached hydrogen (secondary N) is 1. The van der Waals surface area contributed by atoms with Crippen LogP contribution >= 0.6 is 11.6 Å². The summed E-state index contributed by atoms with van der Waals surface area (Å²) in [4.78, 5) is 0. The van der Waals surface area contributed by atoms with Gasteiger partial charge in [-0.1, -0.05) is 24.9 Å². The van der Waals surface area contributed by atoms with Gasteiger partial charge in [0.25, 0.3) is 0 Å². The van der Waals surface area contributed by atoms with Crippen LogP contribution in [-0.2, 0) is 0 Å². The molecule has 2 N–H and O–H groups in total. The second-order valence-corrected chi connectivity index (χ2v) is 6.24. The standard InChI is InChI=1S/C16H22ClNO3/c1-2-10-3-4-18-13(7-10)15(19)11-8-12(17)16-14(9-11)20-5-6-21-16/h8-10,13,15,18-19H,2-7H2,1H3. The minimum absolute atomic E-state index is 0.0716. The number of fused-ring (bicyclic) bond motifs is 1. The van der Waals surface area contributed by atoms with Crippen molar-refractivity contribution in [3.05, 3.63) is 22.7 Å². The molecule has 0 aromatic heterocycles. The Morgan fingerprint density at radius 1 is 1.38 bits per heavy atom. The van der Waals surface area contributed by atoms with Gasteiger partial charge in [-0.2, -0.15) is 0 Å². The van der Waals surface area contributed by atoms with Crippen molar-refractivity contribution in [1.29, 1.82) is 0 Å². The van der Waals surface area contributed by atoms with Gasteiger partial charge in [-0.05, 0) is 43.0 Å². The minimum Gasteiger partial charge on any atom is -0.486 e. The van der Waals surface area contributed by atoms with Crippen LogP contribution in [-0.4, -0.2) is 30.9 Å². The number of rotatable bonds is 3. The molecule has 3 rings (SSSR count). The zero-order chi connectivity index (χ0) is 14.8. The molecule has 3 unspecified atom stereocenters. The van der Waals surface area contributed by atoms with Gasteiger partial charge in [-0.25, -0.2) is 0 Å². The van der Waals surface area contributed by atoms with Gasteiger partial charge in [0.1, 0.15) is 13.2 Å². The topological polar surface area (TPSA) is 50.7 Å². The van der Waals surface area contributed by atoms with Crippen LogP contribution in [0.5, 0.6) is 11.5 Å². The summed E-state index contributed by atoms with van der Waals surface area (Å²) in [6.45, 7) is 4.19. The smallest absolute Gasteiger partial charge is 0.179 e. The normalized spacial score (nSPS) is 26.4. The molecule has 4 nitrogen and oxygen atoms in total. The van der Waals surface area contributed by atoms with E-state index in [2.05, 4.69) is 12.2 Å². The second kappa shape index (κ2) is 6.42. The molecule has 2 heterocycles. The number of benzene rings is 1. The first kappa shape index (κ1) is 14.9. The van der Waals surface area contributed by atoms with Crippen LogP contribution in [0.25, 0.3) is 0 Å². The summed E-state index contributed by atoms with van der Waals surface area (Å²) >= 11 is 6.25. The molecule has 0 bridgehead atoms. The van der Waals surface area contributed by atoms with E-state index >= 15 is 0 Å². The number of hydrogen-bond donors (Lipinski definition) is 2. The van der Waals surface area contributed by atoms with E-state index in [9.17, 15) is 5.11 Å². The third-order valence-corrected chi connectivity index (χ3v) is 4.75. The van der Waals surface area contributed by atoms with Crippen molar-refractivity contribution in [3.8, 4) is 11.5 Å². The van der Waals surface area contributed by atoms with E-state index in [1.165, 1.54) is 6.42 Å². The highest BCUT2D eigenvalue weighted by atomic mass is 35.5. The zero-order valence-electron chi connectivity index (χ0n) is 12.3. The third-order valence-electron chi connectivity index (χ3n) is 4.47. The molecule has 0 amide bonds. The molecular weight excluding hydrogens is 290 g/mol. The summed E-state index contributed by atoms with van der Waals surface area (Å²) in [5.74, 6) is 1.89. The SMILES string of the molecule is CCC1CCNC(C(O)c2cc(Cl)c3c(c2)OCCO3)C1. The molecule has 1 saturated heterocycles. The molecule has 2 aliphatic heterocycles. The van der Waals surface area contributed by atoms with Crippen molar-refractivity contribution in [3.63, 3.8) is 0 Å². The Morgan fingerprint density at radius 2 is 2.19 bits per heavy atom. The van der Waals surface area contributed by atoms with Crippen LogP contribution in [0.1, 0.15) is 37.9 Å². The summed E-state index contributed by atoms with van der Waals surface area (Å²) < 4.78 is 11.1. The highest BCUT2D eigenvalue weighted by Crippen LogP contribution is 2.40. The Bertz CT molecular complexity index is 509. The fraction of sp³-hybridized carbons (Fsp3) is 0.625. The maximum Gasteiger partial charge on any atom is 0.179 e. The number of hydrogen-bond acceptors (Lipinski definition) is 4. The Kier molecular flexibility index (Phi) is 4.57. The van der Waals surface area contributed by atoms with E-state index in [4.69, 9.17) is 21.1 Å². The van der Waals surface area contributed by atoms with Crippen LogP contribution in [0.2, 0.25) is 5.02 Å². The van der Waals surface area contributed by atoms with Gasteiger partial charge >= 0.3 is 0 Å². The maximum atomic E-state index is 10.7. The first-order valence-electron chi connectivity index (χ1n) is 7.69. The first-order valence-corrected chi connectivity index (χ1v) is 8.07. The van der Waals surface area contributed by atoms with E-state index in [1.54, 1.807) is 6.07 Å². The van der Waals surface area contributed by atoms with Gasteiger partial charge < -0.3 is 19.9 Å². The van der Waals surface area contributed by atoms with Gasteiger partial charge in [-0.15, -0.1) is 0 Å². The summed E-state index contributed by atoms with van der Waals surface area (Å²) in [5.41, 5.74) is 0.790. The number of aliphatic hydroxyl groups excluding tert-OH is 1. The largest absolute Gasteiger partial charge is 0.486 e. The average molecular weight is 312 g/mol. The summed E-state index contributed by atoms with van der Waals surface area (Å²) in [5, 5.41) is 14.6. The monoisotopic (exact) mass is 311 g/mol. The summed E-state index contributed by atoms with van der Waals surface area (Å²) in [6, 6.07) is 3.71. The molecule has 0 radical (unpaired) electrons. The molecule has 116 valence electrons. The lowest BCUT2D eigenvalue weighted by atomic mass is 9.86. The first-order chi connectivity index (χ1) is 10.2. The molecule has 0 aliphatic carbocycles. The predicted octanol–water partition coefficient (Wildman–Crippen LogP) is 2.92. The van der Waals surface area contributed by atoms with Gasteiger partial charge in [-0.3, -0.25) is 0 Å². The number of piperidine rings is 1. The molecule has 21 heavy (non-hydrogen) atoms. The molecule has 2 aliphatic rings. The van der Waals surface area contributed by atoms with E-state index in [0.29, 0.717) is 35.7 Å². The highest BCUT2D eigenvalue weighted by Gasteiger charge is 2.29. The van der Waals surface area contributed by atoms with E-state index < -0.39 is 6.10 Å².